The standard InChI is InChI=1S/C10H13ClN2O2S/c11-9-2-1-7(16-9)5-13-10(14)8-6-15-4-3-12-8/h1-2,8,12H,3-6H2,(H,13,14). The third kappa shape index (κ3) is 3.18. The molecule has 0 spiro atoms. The molecule has 1 aromatic rings. The van der Waals surface area contributed by atoms with Crippen molar-refractivity contribution < 1.29 is 9.53 Å². The molecular formula is C10H13ClN2O2S. The van der Waals surface area contributed by atoms with Crippen molar-refractivity contribution in [3.63, 3.8) is 0 Å². The number of carbonyl (C=O) groups is 1. The molecule has 16 heavy (non-hydrogen) atoms. The average Bonchev–Trinajstić information content (AvgIpc) is 2.73. The summed E-state index contributed by atoms with van der Waals surface area (Å²) in [6.07, 6.45) is 0. The number of nitrogens with one attached hydrogen (secondary N) is 2. The summed E-state index contributed by atoms with van der Waals surface area (Å²) >= 11 is 7.27. The van der Waals surface area contributed by atoms with Gasteiger partial charge in [-0.3, -0.25) is 4.79 Å². The first kappa shape index (κ1) is 11.9. The molecule has 88 valence electrons. The molecule has 4 nitrogen and oxygen atoms in total. The van der Waals surface area contributed by atoms with Crippen LogP contribution in [0.3, 0.4) is 0 Å². The van der Waals surface area contributed by atoms with Crippen LogP contribution in [-0.2, 0) is 16.1 Å². The minimum Gasteiger partial charge on any atom is -0.378 e. The molecule has 1 aromatic heterocycles. The van der Waals surface area contributed by atoms with Crippen molar-refractivity contribution in [2.24, 2.45) is 0 Å². The van der Waals surface area contributed by atoms with Crippen LogP contribution in [0.5, 0.6) is 0 Å². The first-order chi connectivity index (χ1) is 7.75. The molecule has 2 N–H and O–H groups in total. The van der Waals surface area contributed by atoms with Crippen LogP contribution in [-0.4, -0.2) is 31.7 Å². The van der Waals surface area contributed by atoms with Gasteiger partial charge in [0.15, 0.2) is 0 Å². The fourth-order valence-electron chi connectivity index (χ4n) is 1.48. The second-order valence-corrected chi connectivity index (χ2v) is 5.30. The van der Waals surface area contributed by atoms with Gasteiger partial charge in [-0.15, -0.1) is 11.3 Å². The summed E-state index contributed by atoms with van der Waals surface area (Å²) in [7, 11) is 0. The molecule has 6 heteroatoms. The van der Waals surface area contributed by atoms with Gasteiger partial charge in [-0.1, -0.05) is 11.6 Å². The lowest BCUT2D eigenvalue weighted by Gasteiger charge is -2.22. The van der Waals surface area contributed by atoms with Crippen molar-refractivity contribution in [3.05, 3.63) is 21.3 Å². The van der Waals surface area contributed by atoms with Crippen LogP contribution < -0.4 is 10.6 Å². The Morgan fingerprint density at radius 1 is 1.69 bits per heavy atom. The molecule has 0 aromatic carbocycles. The van der Waals surface area contributed by atoms with Crippen molar-refractivity contribution in [3.8, 4) is 0 Å². The zero-order valence-corrected chi connectivity index (χ0v) is 10.2. The third-order valence-corrected chi connectivity index (χ3v) is 3.53. The largest absolute Gasteiger partial charge is 0.378 e. The van der Waals surface area contributed by atoms with Gasteiger partial charge in [0.05, 0.1) is 24.1 Å². The molecule has 1 fully saturated rings. The van der Waals surface area contributed by atoms with E-state index in [1.807, 2.05) is 12.1 Å². The lowest BCUT2D eigenvalue weighted by atomic mass is 10.2. The highest BCUT2D eigenvalue weighted by atomic mass is 35.5. The Balaban J connectivity index is 1.78. The number of morpholine rings is 1. The predicted octanol–water partition coefficient (Wildman–Crippen LogP) is 1.01. The van der Waals surface area contributed by atoms with Gasteiger partial charge < -0.3 is 15.4 Å². The van der Waals surface area contributed by atoms with Crippen LogP contribution in [0, 0.1) is 0 Å². The molecule has 1 atom stereocenters. The van der Waals surface area contributed by atoms with E-state index in [-0.39, 0.29) is 11.9 Å². The zero-order chi connectivity index (χ0) is 11.4. The molecule has 0 saturated carbocycles. The molecule has 0 radical (unpaired) electrons. The van der Waals surface area contributed by atoms with Crippen molar-refractivity contribution in [2.75, 3.05) is 19.8 Å². The van der Waals surface area contributed by atoms with Crippen molar-refractivity contribution in [2.45, 2.75) is 12.6 Å². The molecular weight excluding hydrogens is 248 g/mol. The number of amides is 1. The Hall–Kier alpha value is -0.620. The van der Waals surface area contributed by atoms with Gasteiger partial charge in [-0.2, -0.15) is 0 Å². The van der Waals surface area contributed by atoms with E-state index in [4.69, 9.17) is 16.3 Å². The third-order valence-electron chi connectivity index (χ3n) is 2.30. The lowest BCUT2D eigenvalue weighted by Crippen LogP contribution is -2.50. The van der Waals surface area contributed by atoms with E-state index in [0.717, 1.165) is 15.8 Å². The van der Waals surface area contributed by atoms with Crippen LogP contribution in [0.15, 0.2) is 12.1 Å². The van der Waals surface area contributed by atoms with E-state index in [1.165, 1.54) is 11.3 Å². The van der Waals surface area contributed by atoms with Gasteiger partial charge in [0.1, 0.15) is 6.04 Å². The maximum Gasteiger partial charge on any atom is 0.239 e. The van der Waals surface area contributed by atoms with Crippen LogP contribution >= 0.6 is 22.9 Å². The summed E-state index contributed by atoms with van der Waals surface area (Å²) < 4.78 is 5.96. The smallest absolute Gasteiger partial charge is 0.239 e. The van der Waals surface area contributed by atoms with Gasteiger partial charge in [0.25, 0.3) is 0 Å². The highest BCUT2D eigenvalue weighted by molar-refractivity contribution is 7.16. The number of thiophene rings is 1. The Morgan fingerprint density at radius 3 is 3.19 bits per heavy atom. The normalized spacial score (nSPS) is 20.7. The van der Waals surface area contributed by atoms with E-state index in [9.17, 15) is 4.79 Å². The van der Waals surface area contributed by atoms with Crippen LogP contribution in [0.1, 0.15) is 4.88 Å². The Labute approximate surface area is 103 Å². The molecule has 1 aliphatic rings. The van der Waals surface area contributed by atoms with Crippen molar-refractivity contribution >= 4 is 28.8 Å². The van der Waals surface area contributed by atoms with E-state index >= 15 is 0 Å². The topological polar surface area (TPSA) is 50.4 Å². The van der Waals surface area contributed by atoms with E-state index in [0.29, 0.717) is 19.8 Å². The number of hydrogen-bond acceptors (Lipinski definition) is 4. The molecule has 2 rings (SSSR count). The molecule has 1 unspecified atom stereocenters. The van der Waals surface area contributed by atoms with Crippen molar-refractivity contribution in [1.29, 1.82) is 0 Å². The molecule has 0 aliphatic carbocycles. The Morgan fingerprint density at radius 2 is 2.56 bits per heavy atom. The molecule has 1 amide bonds. The Kier molecular flexibility index (Phi) is 4.17. The van der Waals surface area contributed by atoms with Gasteiger partial charge >= 0.3 is 0 Å². The monoisotopic (exact) mass is 260 g/mol. The second-order valence-electron chi connectivity index (χ2n) is 3.51. The number of hydrogen-bond donors (Lipinski definition) is 2. The Bertz CT molecular complexity index is 363. The van der Waals surface area contributed by atoms with Gasteiger partial charge in [0.2, 0.25) is 5.91 Å². The van der Waals surface area contributed by atoms with Gasteiger partial charge in [-0.05, 0) is 12.1 Å². The quantitative estimate of drug-likeness (QED) is 0.853. The number of rotatable bonds is 3. The fourth-order valence-corrected chi connectivity index (χ4v) is 2.51. The van der Waals surface area contributed by atoms with Crippen LogP contribution in [0.2, 0.25) is 4.34 Å². The average molecular weight is 261 g/mol. The van der Waals surface area contributed by atoms with E-state index in [1.54, 1.807) is 0 Å². The SMILES string of the molecule is O=C(NCc1ccc(Cl)s1)C1COCCN1. The molecule has 1 aliphatic heterocycles. The van der Waals surface area contributed by atoms with Gasteiger partial charge in [0, 0.05) is 11.4 Å². The van der Waals surface area contributed by atoms with Crippen LogP contribution in [0.4, 0.5) is 0 Å². The van der Waals surface area contributed by atoms with Crippen molar-refractivity contribution in [1.82, 2.24) is 10.6 Å². The first-order valence-electron chi connectivity index (χ1n) is 5.09. The summed E-state index contributed by atoms with van der Waals surface area (Å²) in [6, 6.07) is 3.51. The first-order valence-corrected chi connectivity index (χ1v) is 6.28. The summed E-state index contributed by atoms with van der Waals surface area (Å²) in [5.41, 5.74) is 0. The number of carbonyl (C=O) groups excluding carboxylic acids is 1. The highest BCUT2D eigenvalue weighted by Gasteiger charge is 2.20. The fraction of sp³-hybridized carbons (Fsp3) is 0.500. The summed E-state index contributed by atoms with van der Waals surface area (Å²) in [4.78, 5) is 12.7. The number of halogens is 1. The predicted molar refractivity (Wildman–Crippen MR) is 63.8 cm³/mol. The van der Waals surface area contributed by atoms with Gasteiger partial charge in [-0.25, -0.2) is 0 Å². The molecule has 1 saturated heterocycles. The van der Waals surface area contributed by atoms with Crippen LogP contribution in [0.25, 0.3) is 0 Å². The minimum absolute atomic E-state index is 0.0239. The second kappa shape index (κ2) is 5.63. The summed E-state index contributed by atoms with van der Waals surface area (Å²) in [5.74, 6) is -0.0239. The van der Waals surface area contributed by atoms with E-state index in [2.05, 4.69) is 10.6 Å². The molecule has 0 bridgehead atoms. The maximum absolute atomic E-state index is 11.7. The molecule has 2 heterocycles. The highest BCUT2D eigenvalue weighted by Crippen LogP contribution is 2.20. The maximum atomic E-state index is 11.7. The van der Waals surface area contributed by atoms with E-state index < -0.39 is 0 Å². The summed E-state index contributed by atoms with van der Waals surface area (Å²) in [5, 5.41) is 5.95. The lowest BCUT2D eigenvalue weighted by molar-refractivity contribution is -0.126. The number of ether oxygens (including phenoxy) is 1. The minimum atomic E-state index is -0.232. The summed E-state index contributed by atoms with van der Waals surface area (Å²) in [6.45, 7) is 2.36. The zero-order valence-electron chi connectivity index (χ0n) is 8.66.